The molecule has 0 aliphatic heterocycles. The van der Waals surface area contributed by atoms with E-state index in [-0.39, 0.29) is 17.4 Å². The molecule has 112 valence electrons. The van der Waals surface area contributed by atoms with E-state index in [1.807, 2.05) is 12.3 Å². The van der Waals surface area contributed by atoms with Gasteiger partial charge in [0.05, 0.1) is 15.6 Å². The number of nitrogens with one attached hydrogen (secondary N) is 1. The summed E-state index contributed by atoms with van der Waals surface area (Å²) in [6.07, 6.45) is 0. The molecule has 2 heterocycles. The molecule has 1 aromatic carbocycles. The third-order valence-electron chi connectivity index (χ3n) is 2.91. The molecule has 2 aromatic heterocycles. The van der Waals surface area contributed by atoms with Gasteiger partial charge in [-0.1, -0.05) is 18.2 Å². The van der Waals surface area contributed by atoms with E-state index in [9.17, 15) is 9.18 Å². The average Bonchev–Trinajstić information content (AvgIpc) is 3.05. The van der Waals surface area contributed by atoms with E-state index in [1.165, 1.54) is 28.7 Å². The number of thiazole rings is 2. The number of halogens is 1. The number of carbonyl (C=O) groups excluding carboxylic acids is 1. The summed E-state index contributed by atoms with van der Waals surface area (Å²) in [5.74, 6) is -0.748. The van der Waals surface area contributed by atoms with Crippen LogP contribution in [0.3, 0.4) is 0 Å². The summed E-state index contributed by atoms with van der Waals surface area (Å²) in [5, 5.41) is 5.77. The van der Waals surface area contributed by atoms with Crippen LogP contribution in [-0.4, -0.2) is 15.9 Å². The van der Waals surface area contributed by atoms with Crippen molar-refractivity contribution in [1.29, 1.82) is 0 Å². The maximum Gasteiger partial charge on any atom is 0.277 e. The van der Waals surface area contributed by atoms with Gasteiger partial charge in [-0.25, -0.2) is 14.4 Å². The van der Waals surface area contributed by atoms with Crippen molar-refractivity contribution >= 4 is 33.7 Å². The van der Waals surface area contributed by atoms with Crippen LogP contribution in [0.4, 0.5) is 9.52 Å². The number of nitrogens with zero attached hydrogens (tertiary/aromatic N) is 2. The van der Waals surface area contributed by atoms with Crippen molar-refractivity contribution in [2.75, 3.05) is 5.32 Å². The molecular formula is C15H12FN3OS2. The number of hydrogen-bond donors (Lipinski definition) is 1. The van der Waals surface area contributed by atoms with Gasteiger partial charge in [0.25, 0.3) is 5.91 Å². The third-order valence-corrected chi connectivity index (χ3v) is 4.79. The van der Waals surface area contributed by atoms with Crippen molar-refractivity contribution < 1.29 is 9.18 Å². The van der Waals surface area contributed by atoms with Crippen molar-refractivity contribution in [3.8, 4) is 10.4 Å². The smallest absolute Gasteiger partial charge is 0.277 e. The van der Waals surface area contributed by atoms with Gasteiger partial charge in [-0.2, -0.15) is 0 Å². The van der Waals surface area contributed by atoms with Crippen LogP contribution in [0.25, 0.3) is 10.4 Å². The topological polar surface area (TPSA) is 54.9 Å². The first-order valence-electron chi connectivity index (χ1n) is 6.50. The molecule has 0 aliphatic carbocycles. The zero-order chi connectivity index (χ0) is 15.7. The minimum absolute atomic E-state index is 0.223. The highest BCUT2D eigenvalue weighted by atomic mass is 32.1. The summed E-state index contributed by atoms with van der Waals surface area (Å²) in [4.78, 5) is 21.4. The number of hydrogen-bond acceptors (Lipinski definition) is 5. The highest BCUT2D eigenvalue weighted by molar-refractivity contribution is 7.15. The third kappa shape index (κ3) is 2.90. The second-order valence-corrected chi connectivity index (χ2v) is 6.70. The molecule has 0 saturated heterocycles. The number of anilines is 1. The standard InChI is InChI=1S/C15H12FN3OS2/c1-8-7-21-15(17-8)19-14(20)12-13(22-9(2)18-12)10-5-3-4-6-11(10)16/h3-7H,1-2H3,(H,17,19,20). The van der Waals surface area contributed by atoms with E-state index in [0.717, 1.165) is 5.69 Å². The molecule has 0 saturated carbocycles. The number of rotatable bonds is 3. The summed E-state index contributed by atoms with van der Waals surface area (Å²) in [5.41, 5.74) is 1.44. The SMILES string of the molecule is Cc1csc(NC(=O)c2nc(C)sc2-c2ccccc2F)n1. The fraction of sp³-hybridized carbons (Fsp3) is 0.133. The van der Waals surface area contributed by atoms with Crippen molar-refractivity contribution in [3.05, 3.63) is 51.9 Å². The highest BCUT2D eigenvalue weighted by Crippen LogP contribution is 2.32. The van der Waals surface area contributed by atoms with Gasteiger partial charge in [0.2, 0.25) is 0 Å². The lowest BCUT2D eigenvalue weighted by Gasteiger charge is -2.03. The molecule has 0 unspecified atom stereocenters. The molecule has 0 aliphatic rings. The fourth-order valence-corrected chi connectivity index (χ4v) is 3.60. The Hall–Kier alpha value is -2.12. The molecule has 7 heteroatoms. The van der Waals surface area contributed by atoms with E-state index in [1.54, 1.807) is 25.1 Å². The maximum absolute atomic E-state index is 14.0. The number of benzene rings is 1. The lowest BCUT2D eigenvalue weighted by Crippen LogP contribution is -2.13. The van der Waals surface area contributed by atoms with Gasteiger partial charge in [-0.05, 0) is 19.9 Å². The number of amides is 1. The molecule has 1 amide bonds. The van der Waals surface area contributed by atoms with Gasteiger partial charge in [0.1, 0.15) is 11.5 Å². The van der Waals surface area contributed by atoms with Crippen LogP contribution in [0, 0.1) is 19.7 Å². The van der Waals surface area contributed by atoms with Gasteiger partial charge in [0.15, 0.2) is 5.13 Å². The summed E-state index contributed by atoms with van der Waals surface area (Å²) in [6, 6.07) is 6.37. The monoisotopic (exact) mass is 333 g/mol. The van der Waals surface area contributed by atoms with Gasteiger partial charge in [0, 0.05) is 10.9 Å². The molecule has 0 atom stereocenters. The van der Waals surface area contributed by atoms with Crippen molar-refractivity contribution in [1.82, 2.24) is 9.97 Å². The quantitative estimate of drug-likeness (QED) is 0.778. The molecule has 0 bridgehead atoms. The highest BCUT2D eigenvalue weighted by Gasteiger charge is 2.21. The van der Waals surface area contributed by atoms with E-state index in [4.69, 9.17) is 0 Å². The van der Waals surface area contributed by atoms with E-state index in [0.29, 0.717) is 20.6 Å². The summed E-state index contributed by atoms with van der Waals surface area (Å²) in [7, 11) is 0. The average molecular weight is 333 g/mol. The Bertz CT molecular complexity index is 841. The zero-order valence-corrected chi connectivity index (χ0v) is 13.5. The molecule has 22 heavy (non-hydrogen) atoms. The second-order valence-electron chi connectivity index (χ2n) is 4.64. The number of carbonyl (C=O) groups is 1. The predicted molar refractivity (Wildman–Crippen MR) is 87.0 cm³/mol. The molecule has 0 fully saturated rings. The van der Waals surface area contributed by atoms with Gasteiger partial charge in [-0.3, -0.25) is 10.1 Å². The van der Waals surface area contributed by atoms with E-state index >= 15 is 0 Å². The summed E-state index contributed by atoms with van der Waals surface area (Å²) in [6.45, 7) is 3.64. The van der Waals surface area contributed by atoms with Crippen LogP contribution >= 0.6 is 22.7 Å². The predicted octanol–water partition coefficient (Wildman–Crippen LogP) is 4.27. The first-order valence-corrected chi connectivity index (χ1v) is 8.20. The van der Waals surface area contributed by atoms with Crippen molar-refractivity contribution in [3.63, 3.8) is 0 Å². The second kappa shape index (κ2) is 5.94. The minimum Gasteiger partial charge on any atom is -0.296 e. The maximum atomic E-state index is 14.0. The van der Waals surface area contributed by atoms with Gasteiger partial charge in [-0.15, -0.1) is 22.7 Å². The summed E-state index contributed by atoms with van der Waals surface area (Å²) >= 11 is 2.64. The Morgan fingerprint density at radius 3 is 2.68 bits per heavy atom. The molecule has 1 N–H and O–H groups in total. The first-order chi connectivity index (χ1) is 10.5. The van der Waals surface area contributed by atoms with E-state index in [2.05, 4.69) is 15.3 Å². The normalized spacial score (nSPS) is 10.7. The van der Waals surface area contributed by atoms with Gasteiger partial charge >= 0.3 is 0 Å². The van der Waals surface area contributed by atoms with Crippen LogP contribution in [0.2, 0.25) is 0 Å². The number of aryl methyl sites for hydroxylation is 2. The fourth-order valence-electron chi connectivity index (χ4n) is 1.98. The molecule has 0 radical (unpaired) electrons. The Morgan fingerprint density at radius 2 is 2.00 bits per heavy atom. The Kier molecular flexibility index (Phi) is 4.00. The minimum atomic E-state index is -0.378. The first kappa shape index (κ1) is 14.8. The van der Waals surface area contributed by atoms with Crippen molar-refractivity contribution in [2.45, 2.75) is 13.8 Å². The van der Waals surface area contributed by atoms with Crippen LogP contribution in [0.15, 0.2) is 29.6 Å². The van der Waals surface area contributed by atoms with Crippen LogP contribution in [-0.2, 0) is 0 Å². The Balaban J connectivity index is 1.97. The Labute approximate surface area is 134 Å². The van der Waals surface area contributed by atoms with Crippen LogP contribution in [0.5, 0.6) is 0 Å². The molecule has 0 spiro atoms. The van der Waals surface area contributed by atoms with Gasteiger partial charge < -0.3 is 0 Å². The molecule has 4 nitrogen and oxygen atoms in total. The Morgan fingerprint density at radius 1 is 1.23 bits per heavy atom. The number of aromatic nitrogens is 2. The molecule has 3 rings (SSSR count). The summed E-state index contributed by atoms with van der Waals surface area (Å²) < 4.78 is 14.0. The molecule has 3 aromatic rings. The lowest BCUT2D eigenvalue weighted by molar-refractivity contribution is 0.102. The van der Waals surface area contributed by atoms with E-state index < -0.39 is 0 Å². The molecular weight excluding hydrogens is 321 g/mol. The van der Waals surface area contributed by atoms with Crippen LogP contribution in [0.1, 0.15) is 21.2 Å². The zero-order valence-electron chi connectivity index (χ0n) is 11.9. The van der Waals surface area contributed by atoms with Crippen molar-refractivity contribution in [2.24, 2.45) is 0 Å². The lowest BCUT2D eigenvalue weighted by atomic mass is 10.1. The largest absolute Gasteiger partial charge is 0.296 e. The van der Waals surface area contributed by atoms with Crippen LogP contribution < -0.4 is 5.32 Å².